The molecule has 0 saturated heterocycles. The Morgan fingerprint density at radius 2 is 1.58 bits per heavy atom. The van der Waals surface area contributed by atoms with Crippen molar-refractivity contribution in [2.45, 2.75) is 18.7 Å². The zero-order valence-corrected chi connectivity index (χ0v) is 14.8. The lowest BCUT2D eigenvalue weighted by atomic mass is 10.1. The third-order valence-corrected chi connectivity index (χ3v) is 6.62. The highest BCUT2D eigenvalue weighted by atomic mass is 31.2. The number of benzene rings is 2. The second-order valence-electron chi connectivity index (χ2n) is 5.66. The molecular formula is C18H20NO4P. The summed E-state index contributed by atoms with van der Waals surface area (Å²) in [5.74, 6) is -0.923. The van der Waals surface area contributed by atoms with Crippen LogP contribution in [0.2, 0.25) is 0 Å². The fourth-order valence-electron chi connectivity index (χ4n) is 3.19. The number of carbonyl (C=O) groups excluding carboxylic acids is 1. The molecule has 0 spiro atoms. The summed E-state index contributed by atoms with van der Waals surface area (Å²) in [6.45, 7) is 1.92. The second kappa shape index (κ2) is 6.52. The van der Waals surface area contributed by atoms with Gasteiger partial charge in [-0.25, -0.2) is 0 Å². The molecule has 1 amide bonds. The Balaban J connectivity index is 2.14. The first-order valence-electron chi connectivity index (χ1n) is 7.71. The number of hydrogen-bond donors (Lipinski definition) is 0. The van der Waals surface area contributed by atoms with Gasteiger partial charge < -0.3 is 13.9 Å². The molecule has 126 valence electrons. The first kappa shape index (κ1) is 16.9. The lowest BCUT2D eigenvalue weighted by molar-refractivity contribution is 0.0673. The Hall–Kier alpha value is -1.94. The van der Waals surface area contributed by atoms with E-state index < -0.39 is 13.4 Å². The van der Waals surface area contributed by atoms with Crippen LogP contribution in [0.5, 0.6) is 0 Å². The van der Waals surface area contributed by atoms with Gasteiger partial charge in [0.25, 0.3) is 5.91 Å². The van der Waals surface area contributed by atoms with Crippen molar-refractivity contribution in [1.82, 2.24) is 4.90 Å². The van der Waals surface area contributed by atoms with E-state index in [4.69, 9.17) is 9.05 Å². The van der Waals surface area contributed by atoms with Crippen molar-refractivity contribution >= 4 is 13.5 Å². The summed E-state index contributed by atoms with van der Waals surface area (Å²) in [6, 6.07) is 16.6. The summed E-state index contributed by atoms with van der Waals surface area (Å²) in [4.78, 5) is 14.6. The summed E-state index contributed by atoms with van der Waals surface area (Å²) in [6.07, 6.45) is 0. The molecule has 0 bridgehead atoms. The Bertz CT molecular complexity index is 785. The van der Waals surface area contributed by atoms with Gasteiger partial charge in [-0.2, -0.15) is 0 Å². The minimum atomic E-state index is -3.52. The van der Waals surface area contributed by atoms with Crippen LogP contribution in [-0.4, -0.2) is 25.0 Å². The molecule has 0 radical (unpaired) electrons. The van der Waals surface area contributed by atoms with Crippen LogP contribution in [0.3, 0.4) is 0 Å². The Kier molecular flexibility index (Phi) is 4.59. The molecule has 24 heavy (non-hydrogen) atoms. The summed E-state index contributed by atoms with van der Waals surface area (Å²) in [5, 5.41) is 0. The zero-order valence-electron chi connectivity index (χ0n) is 13.9. The molecule has 0 saturated carbocycles. The summed E-state index contributed by atoms with van der Waals surface area (Å²) < 4.78 is 23.6. The van der Waals surface area contributed by atoms with Gasteiger partial charge in [0.05, 0.1) is 6.04 Å². The van der Waals surface area contributed by atoms with Crippen LogP contribution in [0.15, 0.2) is 54.6 Å². The Morgan fingerprint density at radius 3 is 2.21 bits per heavy atom. The molecule has 1 aliphatic rings. The fourth-order valence-corrected chi connectivity index (χ4v) is 4.92. The molecule has 0 fully saturated rings. The number of amides is 1. The van der Waals surface area contributed by atoms with Crippen LogP contribution in [0.25, 0.3) is 0 Å². The molecule has 2 aromatic carbocycles. The van der Waals surface area contributed by atoms with E-state index in [1.807, 2.05) is 43.3 Å². The van der Waals surface area contributed by atoms with Gasteiger partial charge in [-0.15, -0.1) is 0 Å². The van der Waals surface area contributed by atoms with Crippen LogP contribution in [0.1, 0.15) is 40.2 Å². The average Bonchev–Trinajstić information content (AvgIpc) is 2.95. The van der Waals surface area contributed by atoms with E-state index in [0.29, 0.717) is 11.1 Å². The molecule has 5 nitrogen and oxygen atoms in total. The molecule has 3 rings (SSSR count). The first-order valence-corrected chi connectivity index (χ1v) is 9.32. The minimum absolute atomic E-state index is 0.165. The highest BCUT2D eigenvalue weighted by Crippen LogP contribution is 2.65. The predicted octanol–water partition coefficient (Wildman–Crippen LogP) is 4.39. The molecular weight excluding hydrogens is 325 g/mol. The first-order chi connectivity index (χ1) is 11.5. The number of carbonyl (C=O) groups is 1. The van der Waals surface area contributed by atoms with Crippen LogP contribution in [0.4, 0.5) is 0 Å². The maximum Gasteiger partial charge on any atom is 0.357 e. The zero-order chi connectivity index (χ0) is 17.3. The van der Waals surface area contributed by atoms with Crippen molar-refractivity contribution in [1.29, 1.82) is 0 Å². The number of nitrogens with zero attached hydrogens (tertiary/aromatic N) is 1. The Morgan fingerprint density at radius 1 is 1.00 bits per heavy atom. The average molecular weight is 345 g/mol. The van der Waals surface area contributed by atoms with Crippen molar-refractivity contribution < 1.29 is 18.4 Å². The molecule has 0 aromatic heterocycles. The number of fused-ring (bicyclic) bond motifs is 1. The predicted molar refractivity (Wildman–Crippen MR) is 91.8 cm³/mol. The topological polar surface area (TPSA) is 55.8 Å². The smallest absolute Gasteiger partial charge is 0.313 e. The summed E-state index contributed by atoms with van der Waals surface area (Å²) in [5.41, 5.74) is 2.18. The van der Waals surface area contributed by atoms with Gasteiger partial charge in [-0.1, -0.05) is 48.5 Å². The largest absolute Gasteiger partial charge is 0.357 e. The third-order valence-electron chi connectivity index (χ3n) is 4.48. The number of rotatable bonds is 5. The number of hydrogen-bond acceptors (Lipinski definition) is 4. The molecule has 1 unspecified atom stereocenters. The van der Waals surface area contributed by atoms with E-state index >= 15 is 0 Å². The lowest BCUT2D eigenvalue weighted by Crippen LogP contribution is -2.31. The van der Waals surface area contributed by atoms with E-state index in [9.17, 15) is 9.36 Å². The van der Waals surface area contributed by atoms with Crippen molar-refractivity contribution in [3.8, 4) is 0 Å². The van der Waals surface area contributed by atoms with E-state index in [1.54, 1.807) is 23.1 Å². The third kappa shape index (κ3) is 2.59. The highest BCUT2D eigenvalue weighted by molar-refractivity contribution is 7.54. The SMILES string of the molecule is COP(=O)(OC)C1c2ccccc2C(=O)N1[C@@H](C)c1ccccc1. The van der Waals surface area contributed by atoms with Crippen molar-refractivity contribution in [3.05, 3.63) is 71.3 Å². The fraction of sp³-hybridized carbons (Fsp3) is 0.278. The van der Waals surface area contributed by atoms with Gasteiger partial charge in [0.2, 0.25) is 0 Å². The van der Waals surface area contributed by atoms with Crippen molar-refractivity contribution in [3.63, 3.8) is 0 Å². The highest BCUT2D eigenvalue weighted by Gasteiger charge is 2.50. The molecule has 0 N–H and O–H groups in total. The maximum atomic E-state index is 13.2. The quantitative estimate of drug-likeness (QED) is 0.754. The monoisotopic (exact) mass is 345 g/mol. The van der Waals surface area contributed by atoms with Crippen molar-refractivity contribution in [2.75, 3.05) is 14.2 Å². The summed E-state index contributed by atoms with van der Waals surface area (Å²) >= 11 is 0. The van der Waals surface area contributed by atoms with Gasteiger partial charge in [0.1, 0.15) is 0 Å². The molecule has 1 aliphatic heterocycles. The molecule has 2 atom stereocenters. The summed E-state index contributed by atoms with van der Waals surface area (Å²) in [7, 11) is -0.827. The second-order valence-corrected chi connectivity index (χ2v) is 7.96. The van der Waals surface area contributed by atoms with E-state index in [1.165, 1.54) is 14.2 Å². The maximum absolute atomic E-state index is 13.2. The van der Waals surface area contributed by atoms with E-state index in [0.717, 1.165) is 5.56 Å². The minimum Gasteiger partial charge on any atom is -0.313 e. The van der Waals surface area contributed by atoms with Gasteiger partial charge in [0.15, 0.2) is 5.78 Å². The van der Waals surface area contributed by atoms with Gasteiger partial charge in [-0.3, -0.25) is 9.36 Å². The van der Waals surface area contributed by atoms with Gasteiger partial charge >= 0.3 is 7.60 Å². The molecule has 6 heteroatoms. The molecule has 1 heterocycles. The van der Waals surface area contributed by atoms with Gasteiger partial charge in [0, 0.05) is 19.8 Å². The normalized spacial score (nSPS) is 18.5. The van der Waals surface area contributed by atoms with Gasteiger partial charge in [-0.05, 0) is 24.1 Å². The Labute approximate surface area is 141 Å². The van der Waals surface area contributed by atoms with E-state index in [2.05, 4.69) is 0 Å². The van der Waals surface area contributed by atoms with Crippen LogP contribution in [-0.2, 0) is 13.6 Å². The van der Waals surface area contributed by atoms with E-state index in [-0.39, 0.29) is 11.9 Å². The standard InChI is InChI=1S/C18H20NO4P/c1-13(14-9-5-4-6-10-14)19-17(20)15-11-7-8-12-16(15)18(19)24(21,22-2)23-3/h4-13,18H,1-3H3/t13-,18?/m0/s1. The lowest BCUT2D eigenvalue weighted by Gasteiger charge is -2.34. The van der Waals surface area contributed by atoms with Crippen molar-refractivity contribution in [2.24, 2.45) is 0 Å². The molecule has 0 aliphatic carbocycles. The van der Waals surface area contributed by atoms with Crippen LogP contribution < -0.4 is 0 Å². The van der Waals surface area contributed by atoms with Crippen LogP contribution in [0, 0.1) is 0 Å². The molecule has 2 aromatic rings. The van der Waals surface area contributed by atoms with Crippen LogP contribution >= 0.6 is 7.60 Å².